The Balaban J connectivity index is 0.881. The molecule has 3 saturated heterocycles. The van der Waals surface area contributed by atoms with E-state index in [0.717, 1.165) is 75.7 Å². The number of carbonyl (C=O) groups is 1. The Morgan fingerprint density at radius 3 is 2.49 bits per heavy atom. The van der Waals surface area contributed by atoms with Gasteiger partial charge in [-0.1, -0.05) is 38.1 Å². The monoisotopic (exact) mass is 960 g/mol. The molecular weight excluding hydrogens is 900 g/mol. The minimum absolute atomic E-state index is 0.0868. The molecule has 16 nitrogen and oxygen atoms in total. The summed E-state index contributed by atoms with van der Waals surface area (Å²) in [6, 6.07) is 17.1. The fourth-order valence-corrected chi connectivity index (χ4v) is 12.7. The molecule has 0 radical (unpaired) electrons. The van der Waals surface area contributed by atoms with E-state index in [2.05, 4.69) is 91.7 Å². The van der Waals surface area contributed by atoms with Crippen LogP contribution in [0.5, 0.6) is 11.5 Å². The molecule has 1 amide bonds. The number of nitrogens with zero attached hydrogens (tertiary/aromatic N) is 6. The third kappa shape index (κ3) is 9.13. The van der Waals surface area contributed by atoms with E-state index in [0.29, 0.717) is 49.3 Å². The van der Waals surface area contributed by atoms with Crippen LogP contribution in [0.3, 0.4) is 0 Å². The summed E-state index contributed by atoms with van der Waals surface area (Å²) >= 11 is 0. The lowest BCUT2D eigenvalue weighted by atomic mass is 9.59. The summed E-state index contributed by atoms with van der Waals surface area (Å²) in [5.41, 5.74) is 3.12. The number of nitro groups is 1. The van der Waals surface area contributed by atoms with Crippen LogP contribution >= 0.6 is 0 Å². The Hall–Kier alpha value is -6.11. The van der Waals surface area contributed by atoms with Gasteiger partial charge in [0.2, 0.25) is 0 Å². The number of aromatic nitrogens is 4. The number of nitrogens with one attached hydrogen (secondary N) is 4. The van der Waals surface area contributed by atoms with Crippen LogP contribution in [-0.4, -0.2) is 100 Å². The van der Waals surface area contributed by atoms with Crippen molar-refractivity contribution in [1.29, 1.82) is 0 Å². The van der Waals surface area contributed by atoms with E-state index in [1.165, 1.54) is 42.6 Å². The molecule has 6 aromatic rings. The maximum absolute atomic E-state index is 16.6. The molecule has 0 bridgehead atoms. The zero-order chi connectivity index (χ0) is 48.2. The number of H-pyrrole nitrogens is 2. The molecule has 4 aliphatic rings. The predicted molar refractivity (Wildman–Crippen MR) is 264 cm³/mol. The third-order valence-corrected chi connectivity index (χ3v) is 16.8. The van der Waals surface area contributed by atoms with Gasteiger partial charge in [-0.25, -0.2) is 27.5 Å². The predicted octanol–water partition coefficient (Wildman–Crippen LogP) is 9.64. The number of sulfonamides is 1. The lowest BCUT2D eigenvalue weighted by Crippen LogP contribution is -2.55. The van der Waals surface area contributed by atoms with Crippen LogP contribution < -0.4 is 19.7 Å². The molecule has 69 heavy (non-hydrogen) atoms. The number of likely N-dealkylation sites (tertiary alicyclic amines) is 2. The molecule has 3 aromatic carbocycles. The van der Waals surface area contributed by atoms with Crippen molar-refractivity contribution in [3.8, 4) is 11.5 Å². The fourth-order valence-electron chi connectivity index (χ4n) is 11.6. The van der Waals surface area contributed by atoms with Gasteiger partial charge in [0.25, 0.3) is 21.6 Å². The minimum Gasteiger partial charge on any atom is -0.455 e. The van der Waals surface area contributed by atoms with Gasteiger partial charge < -0.3 is 29.8 Å². The Morgan fingerprint density at radius 1 is 0.986 bits per heavy atom. The van der Waals surface area contributed by atoms with Crippen LogP contribution in [-0.2, 0) is 10.0 Å². The quantitative estimate of drug-likeness (QED) is 0.0597. The molecule has 0 unspecified atom stereocenters. The average Bonchev–Trinajstić information content (AvgIpc) is 4.12. The Kier molecular flexibility index (Phi) is 12.6. The molecule has 1 spiro atoms. The number of benzene rings is 3. The largest absolute Gasteiger partial charge is 0.455 e. The molecule has 1 atom stereocenters. The van der Waals surface area contributed by atoms with Gasteiger partial charge in [-0.15, -0.1) is 0 Å². The van der Waals surface area contributed by atoms with Gasteiger partial charge in [0.1, 0.15) is 39.1 Å². The van der Waals surface area contributed by atoms with Crippen molar-refractivity contribution in [3.63, 3.8) is 0 Å². The number of amides is 1. The van der Waals surface area contributed by atoms with E-state index in [1.807, 2.05) is 4.90 Å². The van der Waals surface area contributed by atoms with E-state index in [1.54, 1.807) is 18.3 Å². The summed E-state index contributed by atoms with van der Waals surface area (Å²) in [5.74, 6) is -1.04. The number of fused-ring (bicyclic) bond motifs is 2. The van der Waals surface area contributed by atoms with E-state index in [4.69, 9.17) is 4.74 Å². The SMILES string of the molecule is CC(C)c1ccccc1[C@@H]1CCCN1C1CC2(CCN(c3cc(Oc4cnc5[nH]ccc5c4)c(C(=O)NS(=O)(=O)c4cc([N+](=O)[O-])c(NCC5CCN(C(C)C)CC5)c5[nH]cnc45)cc3F)CC2)C1. The topological polar surface area (TPSA) is 195 Å². The van der Waals surface area contributed by atoms with Gasteiger partial charge in [0.05, 0.1) is 34.2 Å². The molecule has 3 aromatic heterocycles. The Bertz CT molecular complexity index is 3000. The number of ether oxygens (including phenoxy) is 1. The van der Waals surface area contributed by atoms with Gasteiger partial charge in [0, 0.05) is 61.5 Å². The highest BCUT2D eigenvalue weighted by Gasteiger charge is 2.50. The summed E-state index contributed by atoms with van der Waals surface area (Å²) in [5, 5.41) is 16.5. The van der Waals surface area contributed by atoms with Crippen LogP contribution in [0, 0.1) is 27.3 Å². The lowest BCUT2D eigenvalue weighted by Gasteiger charge is -2.56. The van der Waals surface area contributed by atoms with Crippen molar-refractivity contribution in [2.24, 2.45) is 11.3 Å². The second kappa shape index (κ2) is 18.7. The minimum atomic E-state index is -4.86. The molecule has 4 fully saturated rings. The molecule has 364 valence electrons. The van der Waals surface area contributed by atoms with Crippen LogP contribution in [0.25, 0.3) is 22.1 Å². The normalized spacial score (nSPS) is 19.5. The zero-order valence-corrected chi connectivity index (χ0v) is 40.4. The number of aromatic amines is 2. The summed E-state index contributed by atoms with van der Waals surface area (Å²) < 4.78 is 53.4. The zero-order valence-electron chi connectivity index (χ0n) is 39.6. The first-order chi connectivity index (χ1) is 33.2. The Labute approximate surface area is 401 Å². The molecule has 6 heterocycles. The second-order valence-electron chi connectivity index (χ2n) is 20.3. The summed E-state index contributed by atoms with van der Waals surface area (Å²) in [7, 11) is -4.86. The molecule has 18 heteroatoms. The van der Waals surface area contributed by atoms with E-state index in [9.17, 15) is 23.3 Å². The number of anilines is 2. The summed E-state index contributed by atoms with van der Waals surface area (Å²) in [6.07, 6.45) is 12.6. The van der Waals surface area contributed by atoms with Gasteiger partial charge in [-0.05, 0) is 131 Å². The molecule has 3 aliphatic heterocycles. The number of hydrogen-bond donors (Lipinski definition) is 4. The number of nitro benzene ring substituents is 1. The van der Waals surface area contributed by atoms with Crippen molar-refractivity contribution >= 4 is 55.1 Å². The smallest absolute Gasteiger partial charge is 0.296 e. The summed E-state index contributed by atoms with van der Waals surface area (Å²) in [6.45, 7) is 13.4. The van der Waals surface area contributed by atoms with E-state index >= 15 is 4.39 Å². The van der Waals surface area contributed by atoms with Crippen molar-refractivity contribution in [1.82, 2.24) is 34.5 Å². The average molecular weight is 961 g/mol. The number of rotatable bonds is 14. The van der Waals surface area contributed by atoms with Gasteiger partial charge in [-0.2, -0.15) is 0 Å². The van der Waals surface area contributed by atoms with Gasteiger partial charge >= 0.3 is 0 Å². The number of pyridine rings is 1. The summed E-state index contributed by atoms with van der Waals surface area (Å²) in [4.78, 5) is 47.2. The van der Waals surface area contributed by atoms with Crippen molar-refractivity contribution in [2.75, 3.05) is 49.5 Å². The van der Waals surface area contributed by atoms with Crippen LogP contribution in [0.1, 0.15) is 113 Å². The van der Waals surface area contributed by atoms with Gasteiger partial charge in [-0.3, -0.25) is 19.8 Å². The lowest BCUT2D eigenvalue weighted by molar-refractivity contribution is -0.384. The Morgan fingerprint density at radius 2 is 1.75 bits per heavy atom. The molecule has 10 rings (SSSR count). The molecule has 4 N–H and O–H groups in total. The van der Waals surface area contributed by atoms with E-state index < -0.39 is 42.8 Å². The van der Waals surface area contributed by atoms with Crippen molar-refractivity contribution in [2.45, 2.75) is 108 Å². The number of hydrogen-bond acceptors (Lipinski definition) is 12. The molecule has 1 saturated carbocycles. The maximum atomic E-state index is 16.6. The number of carbonyl (C=O) groups excluding carboxylic acids is 1. The van der Waals surface area contributed by atoms with Crippen LogP contribution in [0.2, 0.25) is 0 Å². The third-order valence-electron chi connectivity index (χ3n) is 15.4. The van der Waals surface area contributed by atoms with Crippen molar-refractivity contribution < 1.29 is 27.3 Å². The second-order valence-corrected chi connectivity index (χ2v) is 21.9. The molecule has 1 aliphatic carbocycles. The van der Waals surface area contributed by atoms with Crippen molar-refractivity contribution in [3.05, 3.63) is 106 Å². The van der Waals surface area contributed by atoms with Gasteiger partial charge in [0.15, 0.2) is 0 Å². The number of piperidine rings is 2. The fraction of sp³-hybridized carbons (Fsp3) is 0.471. The first-order valence-electron chi connectivity index (χ1n) is 24.4. The highest BCUT2D eigenvalue weighted by molar-refractivity contribution is 7.90. The van der Waals surface area contributed by atoms with Crippen LogP contribution in [0.4, 0.5) is 21.5 Å². The van der Waals surface area contributed by atoms with Crippen LogP contribution in [0.15, 0.2) is 78.2 Å². The highest BCUT2D eigenvalue weighted by atomic mass is 32.2. The highest BCUT2D eigenvalue weighted by Crippen LogP contribution is 2.54. The standard InChI is InChI=1S/C51H61FN10O6S/c1-31(2)37-8-5-6-9-38(37)41-10-7-17-61(41)35-26-51(27-35)14-20-60(21-15-51)42-24-44(68-36-22-34-11-16-53-49(34)55-29-36)39(23-40(42)52)50(63)58-69(66,67)45-25-43(62(64)65)46(48-47(45)56-30-57-48)54-28-33-12-18-59(19-13-33)32(3)4/h5-6,8-9,11,16,22-25,29-33,35,41,54H,7,10,12-15,17-21,26-28H2,1-4H3,(H,53,55)(H,56,57)(H,58,63)/t41-/m0/s1. The first kappa shape index (κ1) is 46.6. The first-order valence-corrected chi connectivity index (χ1v) is 25.9. The number of halogens is 1. The molecular formula is C51H61FN10O6S. The maximum Gasteiger partial charge on any atom is 0.296 e. The van der Waals surface area contributed by atoms with E-state index in [-0.39, 0.29) is 45.2 Å². The number of imidazole rings is 1.